The molecule has 2 aliphatic rings. The van der Waals surface area contributed by atoms with Crippen LogP contribution in [-0.4, -0.2) is 16.1 Å². The second-order valence-corrected chi connectivity index (χ2v) is 8.28. The lowest BCUT2D eigenvalue weighted by Crippen LogP contribution is -2.45. The number of benzene rings is 3. The topological polar surface area (TPSA) is 108 Å². The highest BCUT2D eigenvalue weighted by molar-refractivity contribution is 6.14. The summed E-state index contributed by atoms with van der Waals surface area (Å²) in [6.07, 6.45) is 0. The standard InChI is InChI=1S/C26H19N5O2/c1-15-22-24(30-29-15)33-23(28)20(13-27)26(22)19-11-4-5-12-21(19)31(25(26)32)14-17-9-6-8-16-7-2-3-10-18(16)17/h2-12H,14,28H2,1H3,(H,29,30)/t26-/m0/s1. The molecule has 0 unspecified atom stereocenters. The van der Waals surface area contributed by atoms with Crippen LogP contribution in [0.1, 0.15) is 22.4 Å². The number of hydrogen-bond donors (Lipinski definition) is 2. The van der Waals surface area contributed by atoms with E-state index in [9.17, 15) is 10.1 Å². The summed E-state index contributed by atoms with van der Waals surface area (Å²) in [6.45, 7) is 2.17. The lowest BCUT2D eigenvalue weighted by atomic mass is 9.69. The Morgan fingerprint density at radius 1 is 1.12 bits per heavy atom. The number of ether oxygens (including phenoxy) is 1. The SMILES string of the molecule is Cc1[nH]nc2c1[C@@]1(C(=O)N(Cc3cccc4ccccc34)c3ccccc31)C(C#N)=C(N)O2. The number of hydrogen-bond acceptors (Lipinski definition) is 5. The molecule has 1 atom stereocenters. The Labute approximate surface area is 189 Å². The van der Waals surface area contributed by atoms with E-state index in [2.05, 4.69) is 34.5 Å². The fraction of sp³-hybridized carbons (Fsp3) is 0.115. The first-order chi connectivity index (χ1) is 16.1. The van der Waals surface area contributed by atoms with Crippen LogP contribution < -0.4 is 15.4 Å². The van der Waals surface area contributed by atoms with Crippen molar-refractivity contribution in [2.24, 2.45) is 5.73 Å². The second kappa shape index (κ2) is 6.71. The van der Waals surface area contributed by atoms with Gasteiger partial charge in [-0.25, -0.2) is 0 Å². The molecule has 3 aromatic carbocycles. The summed E-state index contributed by atoms with van der Waals surface area (Å²) in [7, 11) is 0. The van der Waals surface area contributed by atoms with Crippen LogP contribution in [0.3, 0.4) is 0 Å². The van der Waals surface area contributed by atoms with Crippen LogP contribution in [0.5, 0.6) is 5.88 Å². The van der Waals surface area contributed by atoms with Crippen molar-refractivity contribution in [2.75, 3.05) is 4.90 Å². The summed E-state index contributed by atoms with van der Waals surface area (Å²) in [5.41, 5.74) is 8.48. The number of para-hydroxylation sites is 1. The zero-order valence-electron chi connectivity index (χ0n) is 17.8. The van der Waals surface area contributed by atoms with Crippen molar-refractivity contribution < 1.29 is 9.53 Å². The highest BCUT2D eigenvalue weighted by Crippen LogP contribution is 2.55. The van der Waals surface area contributed by atoms with Gasteiger partial charge in [-0.3, -0.25) is 9.89 Å². The summed E-state index contributed by atoms with van der Waals surface area (Å²) < 4.78 is 5.64. The summed E-state index contributed by atoms with van der Waals surface area (Å²) in [5.74, 6) is -0.129. The molecule has 1 aromatic heterocycles. The van der Waals surface area contributed by atoms with E-state index in [4.69, 9.17) is 10.5 Å². The molecule has 7 heteroatoms. The Balaban J connectivity index is 1.61. The van der Waals surface area contributed by atoms with Crippen LogP contribution in [0, 0.1) is 18.3 Å². The third-order valence-corrected chi connectivity index (χ3v) is 6.60. The van der Waals surface area contributed by atoms with Gasteiger partial charge in [-0.1, -0.05) is 60.7 Å². The molecule has 1 amide bonds. The van der Waals surface area contributed by atoms with Crippen molar-refractivity contribution in [3.8, 4) is 11.9 Å². The fourth-order valence-corrected chi connectivity index (χ4v) is 5.22. The van der Waals surface area contributed by atoms with Crippen molar-refractivity contribution in [1.29, 1.82) is 5.26 Å². The van der Waals surface area contributed by atoms with Crippen molar-refractivity contribution >= 4 is 22.4 Å². The minimum Gasteiger partial charge on any atom is -0.420 e. The molecular formula is C26H19N5O2. The van der Waals surface area contributed by atoms with Gasteiger partial charge in [-0.05, 0) is 29.3 Å². The molecule has 0 saturated heterocycles. The number of rotatable bonds is 2. The Bertz CT molecular complexity index is 1540. The van der Waals surface area contributed by atoms with E-state index in [0.717, 1.165) is 22.0 Å². The molecule has 0 fully saturated rings. The van der Waals surface area contributed by atoms with Crippen molar-refractivity contribution in [1.82, 2.24) is 10.2 Å². The minimum absolute atomic E-state index is 0.0809. The Kier molecular flexibility index (Phi) is 3.89. The molecule has 33 heavy (non-hydrogen) atoms. The number of nitrogens with one attached hydrogen (secondary N) is 1. The van der Waals surface area contributed by atoms with Crippen LogP contribution in [0.4, 0.5) is 5.69 Å². The molecule has 3 N–H and O–H groups in total. The predicted octanol–water partition coefficient (Wildman–Crippen LogP) is 3.79. The van der Waals surface area contributed by atoms with Crippen molar-refractivity contribution in [2.45, 2.75) is 18.9 Å². The third kappa shape index (κ3) is 2.37. The van der Waals surface area contributed by atoms with Gasteiger partial charge in [0.25, 0.3) is 0 Å². The van der Waals surface area contributed by atoms with Gasteiger partial charge in [0.1, 0.15) is 17.1 Å². The number of aromatic nitrogens is 2. The Hall–Kier alpha value is -4.57. The Morgan fingerprint density at radius 3 is 2.73 bits per heavy atom. The van der Waals surface area contributed by atoms with Gasteiger partial charge in [0.15, 0.2) is 0 Å². The molecule has 0 aliphatic carbocycles. The lowest BCUT2D eigenvalue weighted by molar-refractivity contribution is -0.121. The summed E-state index contributed by atoms with van der Waals surface area (Å²) in [4.78, 5) is 16.1. The van der Waals surface area contributed by atoms with E-state index in [1.165, 1.54) is 0 Å². The number of nitrogens with two attached hydrogens (primary N) is 1. The molecule has 1 spiro atoms. The number of nitriles is 1. The summed E-state index contributed by atoms with van der Waals surface area (Å²) >= 11 is 0. The molecule has 7 nitrogen and oxygen atoms in total. The molecule has 2 aliphatic heterocycles. The van der Waals surface area contributed by atoms with Gasteiger partial charge in [0, 0.05) is 16.9 Å². The van der Waals surface area contributed by atoms with E-state index in [0.29, 0.717) is 23.4 Å². The Morgan fingerprint density at radius 2 is 1.88 bits per heavy atom. The van der Waals surface area contributed by atoms with E-state index >= 15 is 0 Å². The molecule has 0 radical (unpaired) electrons. The summed E-state index contributed by atoms with van der Waals surface area (Å²) in [5, 5.41) is 19.4. The number of aryl methyl sites for hydroxylation is 1. The van der Waals surface area contributed by atoms with Crippen LogP contribution in [0.2, 0.25) is 0 Å². The van der Waals surface area contributed by atoms with Crippen LogP contribution in [-0.2, 0) is 16.8 Å². The molecule has 0 bridgehead atoms. The van der Waals surface area contributed by atoms with Crippen LogP contribution in [0.25, 0.3) is 10.8 Å². The number of H-pyrrole nitrogens is 1. The number of carbonyl (C=O) groups excluding carboxylic acids is 1. The molecule has 4 aromatic rings. The quantitative estimate of drug-likeness (QED) is 0.500. The molecule has 160 valence electrons. The van der Waals surface area contributed by atoms with Crippen molar-refractivity contribution in [3.63, 3.8) is 0 Å². The van der Waals surface area contributed by atoms with Gasteiger partial charge in [-0.15, -0.1) is 5.10 Å². The normalized spacial score (nSPS) is 18.9. The summed E-state index contributed by atoms with van der Waals surface area (Å²) in [6, 6.07) is 23.9. The monoisotopic (exact) mass is 433 g/mol. The number of carbonyl (C=O) groups is 1. The van der Waals surface area contributed by atoms with Gasteiger partial charge in [-0.2, -0.15) is 5.26 Å². The first kappa shape index (κ1) is 19.1. The second-order valence-electron chi connectivity index (χ2n) is 8.28. The maximum Gasteiger partial charge on any atom is 0.248 e. The van der Waals surface area contributed by atoms with Crippen LogP contribution >= 0.6 is 0 Å². The van der Waals surface area contributed by atoms with E-state index in [1.54, 1.807) is 4.90 Å². The van der Waals surface area contributed by atoms with Crippen molar-refractivity contribution in [3.05, 3.63) is 101 Å². The maximum absolute atomic E-state index is 14.4. The van der Waals surface area contributed by atoms with Crippen LogP contribution in [0.15, 0.2) is 78.2 Å². The number of aromatic amines is 1. The first-order valence-electron chi connectivity index (χ1n) is 10.6. The third-order valence-electron chi connectivity index (χ3n) is 6.60. The zero-order chi connectivity index (χ0) is 22.7. The molecule has 3 heterocycles. The van der Waals surface area contributed by atoms with Gasteiger partial charge in [0.2, 0.25) is 17.7 Å². The highest BCUT2D eigenvalue weighted by Gasteiger charge is 2.60. The number of anilines is 1. The average Bonchev–Trinajstić information content (AvgIpc) is 3.31. The minimum atomic E-state index is -1.41. The largest absolute Gasteiger partial charge is 0.420 e. The van der Waals surface area contributed by atoms with Gasteiger partial charge in [0.05, 0.1) is 12.1 Å². The number of nitrogens with zero attached hydrogens (tertiary/aromatic N) is 3. The van der Waals surface area contributed by atoms with Gasteiger partial charge >= 0.3 is 0 Å². The smallest absolute Gasteiger partial charge is 0.248 e. The zero-order valence-corrected chi connectivity index (χ0v) is 17.8. The predicted molar refractivity (Wildman–Crippen MR) is 123 cm³/mol. The highest BCUT2D eigenvalue weighted by atomic mass is 16.5. The van der Waals surface area contributed by atoms with E-state index < -0.39 is 5.41 Å². The van der Waals surface area contributed by atoms with Gasteiger partial charge < -0.3 is 15.4 Å². The first-order valence-corrected chi connectivity index (χ1v) is 10.6. The molecule has 6 rings (SSSR count). The average molecular weight is 433 g/mol. The fourth-order valence-electron chi connectivity index (χ4n) is 5.22. The molecule has 0 saturated carbocycles. The lowest BCUT2D eigenvalue weighted by Gasteiger charge is -2.32. The molecular weight excluding hydrogens is 414 g/mol. The maximum atomic E-state index is 14.4. The number of fused-ring (bicyclic) bond motifs is 5. The number of amides is 1. The van der Waals surface area contributed by atoms with E-state index in [-0.39, 0.29) is 23.2 Å². The van der Waals surface area contributed by atoms with E-state index in [1.807, 2.05) is 55.5 Å².